The van der Waals surface area contributed by atoms with E-state index in [1.807, 2.05) is 17.7 Å². The summed E-state index contributed by atoms with van der Waals surface area (Å²) in [4.78, 5) is 1.45. The van der Waals surface area contributed by atoms with Crippen molar-refractivity contribution in [3.05, 3.63) is 34.0 Å². The van der Waals surface area contributed by atoms with Gasteiger partial charge in [0.25, 0.3) is 0 Å². The normalized spacial score (nSPS) is 18.8. The molecule has 0 spiro atoms. The van der Waals surface area contributed by atoms with Gasteiger partial charge in [-0.1, -0.05) is 0 Å². The van der Waals surface area contributed by atoms with Crippen molar-refractivity contribution in [2.24, 2.45) is 5.92 Å². The molecule has 0 radical (unpaired) electrons. The van der Waals surface area contributed by atoms with Gasteiger partial charge in [-0.05, 0) is 36.3 Å². The van der Waals surface area contributed by atoms with Gasteiger partial charge in [0.05, 0.1) is 0 Å². The Bertz CT molecular complexity index is 517. The molecule has 3 rings (SSSR count). The summed E-state index contributed by atoms with van der Waals surface area (Å²) in [6.45, 7) is 5.31. The predicted octanol–water partition coefficient (Wildman–Crippen LogP) is 2.00. The molecule has 18 heavy (non-hydrogen) atoms. The summed E-state index contributed by atoms with van der Waals surface area (Å²) in [5.41, 5.74) is 1.40. The third kappa shape index (κ3) is 2.47. The summed E-state index contributed by atoms with van der Waals surface area (Å²) < 4.78 is 2.19. The molecule has 2 aromatic rings. The topological polar surface area (TPSA) is 42.7 Å². The molecule has 0 fully saturated rings. The number of nitrogens with zero attached hydrogens (tertiary/aromatic N) is 3. The maximum atomic E-state index is 4.12. The van der Waals surface area contributed by atoms with E-state index >= 15 is 0 Å². The van der Waals surface area contributed by atoms with Gasteiger partial charge in [-0.15, -0.1) is 21.5 Å². The first-order valence-corrected chi connectivity index (χ1v) is 7.31. The summed E-state index contributed by atoms with van der Waals surface area (Å²) in [5.74, 6) is 1.84. The molecule has 1 atom stereocenters. The lowest BCUT2D eigenvalue weighted by atomic mass is 9.99. The molecule has 0 aliphatic carbocycles. The first-order valence-electron chi connectivity index (χ1n) is 6.43. The summed E-state index contributed by atoms with van der Waals surface area (Å²) in [6.07, 6.45) is 4.13. The van der Waals surface area contributed by atoms with Gasteiger partial charge >= 0.3 is 0 Å². The van der Waals surface area contributed by atoms with Crippen LogP contribution in [-0.4, -0.2) is 21.3 Å². The maximum absolute atomic E-state index is 4.12. The Morgan fingerprint density at radius 1 is 1.56 bits per heavy atom. The van der Waals surface area contributed by atoms with Crippen LogP contribution in [-0.2, 0) is 19.5 Å². The Kier molecular flexibility index (Phi) is 3.43. The fourth-order valence-corrected chi connectivity index (χ4v) is 3.35. The van der Waals surface area contributed by atoms with Crippen LogP contribution in [0, 0.1) is 12.8 Å². The summed E-state index contributed by atoms with van der Waals surface area (Å²) >= 11 is 1.84. The van der Waals surface area contributed by atoms with Crippen LogP contribution in [0.4, 0.5) is 0 Å². The molecule has 0 bridgehead atoms. The molecule has 5 heteroatoms. The molecule has 96 valence electrons. The quantitative estimate of drug-likeness (QED) is 0.916. The minimum Gasteiger partial charge on any atom is -0.317 e. The highest BCUT2D eigenvalue weighted by Gasteiger charge is 2.18. The zero-order valence-corrected chi connectivity index (χ0v) is 11.4. The van der Waals surface area contributed by atoms with Gasteiger partial charge in [-0.25, -0.2) is 0 Å². The Labute approximate surface area is 111 Å². The fourth-order valence-electron chi connectivity index (χ4n) is 2.47. The van der Waals surface area contributed by atoms with E-state index in [0.29, 0.717) is 5.92 Å². The number of hydrogen-bond donors (Lipinski definition) is 1. The van der Waals surface area contributed by atoms with Crippen molar-refractivity contribution < 1.29 is 0 Å². The second kappa shape index (κ2) is 5.20. The van der Waals surface area contributed by atoms with E-state index < -0.39 is 0 Å². The summed E-state index contributed by atoms with van der Waals surface area (Å²) in [7, 11) is 0. The van der Waals surface area contributed by atoms with Crippen LogP contribution in [0.1, 0.15) is 22.7 Å². The highest BCUT2D eigenvalue weighted by molar-refractivity contribution is 7.10. The molecule has 0 saturated carbocycles. The molecular weight excluding hydrogens is 244 g/mol. The van der Waals surface area contributed by atoms with Crippen LogP contribution in [0.3, 0.4) is 0 Å². The minimum atomic E-state index is 0.703. The van der Waals surface area contributed by atoms with Crippen molar-refractivity contribution in [2.45, 2.75) is 32.9 Å². The molecule has 0 amide bonds. The van der Waals surface area contributed by atoms with Crippen LogP contribution in [0.25, 0.3) is 0 Å². The van der Waals surface area contributed by atoms with Gasteiger partial charge in [0.1, 0.15) is 12.2 Å². The van der Waals surface area contributed by atoms with Crippen LogP contribution in [0.5, 0.6) is 0 Å². The monoisotopic (exact) mass is 262 g/mol. The summed E-state index contributed by atoms with van der Waals surface area (Å²) in [5, 5.41) is 13.8. The van der Waals surface area contributed by atoms with E-state index in [1.54, 1.807) is 0 Å². The molecule has 1 aliphatic rings. The lowest BCUT2D eigenvalue weighted by Crippen LogP contribution is -2.29. The van der Waals surface area contributed by atoms with Crippen LogP contribution >= 0.6 is 11.3 Å². The number of nitrogens with one attached hydrogen (secondary N) is 1. The first kappa shape index (κ1) is 11.9. The molecular formula is C13H18N4S. The minimum absolute atomic E-state index is 0.703. The van der Waals surface area contributed by atoms with Crippen molar-refractivity contribution in [3.63, 3.8) is 0 Å². The highest BCUT2D eigenvalue weighted by atomic mass is 32.1. The van der Waals surface area contributed by atoms with E-state index in [1.165, 1.54) is 16.9 Å². The number of aryl methyl sites for hydroxylation is 2. The third-order valence-electron chi connectivity index (χ3n) is 3.61. The van der Waals surface area contributed by atoms with Gasteiger partial charge in [0, 0.05) is 30.9 Å². The van der Waals surface area contributed by atoms with Crippen molar-refractivity contribution in [1.82, 2.24) is 20.1 Å². The van der Waals surface area contributed by atoms with Crippen molar-refractivity contribution >= 4 is 11.3 Å². The van der Waals surface area contributed by atoms with E-state index in [4.69, 9.17) is 0 Å². The zero-order valence-electron chi connectivity index (χ0n) is 10.6. The Morgan fingerprint density at radius 2 is 2.50 bits per heavy atom. The van der Waals surface area contributed by atoms with Crippen LogP contribution < -0.4 is 5.32 Å². The summed E-state index contributed by atoms with van der Waals surface area (Å²) in [6, 6.07) is 2.19. The van der Waals surface area contributed by atoms with E-state index in [2.05, 4.69) is 38.5 Å². The standard InChI is InChI=1S/C13H18N4S/c1-10-4-5-18-12(10)7-14-6-11-2-3-13-16-15-9-17(13)8-11/h4-5,9,11,14H,2-3,6-8H2,1H3/t11-/m1/s1. The van der Waals surface area contributed by atoms with Crippen molar-refractivity contribution in [2.75, 3.05) is 6.54 Å². The molecule has 0 unspecified atom stereocenters. The molecule has 3 heterocycles. The molecule has 1 N–H and O–H groups in total. The lowest BCUT2D eigenvalue weighted by molar-refractivity contribution is 0.348. The number of aromatic nitrogens is 3. The van der Waals surface area contributed by atoms with E-state index in [9.17, 15) is 0 Å². The molecule has 4 nitrogen and oxygen atoms in total. The lowest BCUT2D eigenvalue weighted by Gasteiger charge is -2.23. The first-order chi connectivity index (χ1) is 8.83. The maximum Gasteiger partial charge on any atom is 0.132 e. The Hall–Kier alpha value is -1.20. The largest absolute Gasteiger partial charge is 0.317 e. The molecule has 1 aliphatic heterocycles. The zero-order chi connectivity index (χ0) is 12.4. The van der Waals surface area contributed by atoms with Gasteiger partial charge in [0.2, 0.25) is 0 Å². The average molecular weight is 262 g/mol. The van der Waals surface area contributed by atoms with Crippen molar-refractivity contribution in [1.29, 1.82) is 0 Å². The SMILES string of the molecule is Cc1ccsc1CNC[C@H]1CCc2nncn2C1. The molecule has 2 aromatic heterocycles. The Balaban J connectivity index is 1.49. The number of rotatable bonds is 4. The number of hydrogen-bond acceptors (Lipinski definition) is 4. The number of fused-ring (bicyclic) bond motifs is 1. The third-order valence-corrected chi connectivity index (χ3v) is 4.64. The second-order valence-corrected chi connectivity index (χ2v) is 5.96. The van der Waals surface area contributed by atoms with Gasteiger partial charge in [-0.2, -0.15) is 0 Å². The van der Waals surface area contributed by atoms with Gasteiger partial charge in [-0.3, -0.25) is 0 Å². The number of thiophene rings is 1. The Morgan fingerprint density at radius 3 is 3.33 bits per heavy atom. The van der Waals surface area contributed by atoms with E-state index in [-0.39, 0.29) is 0 Å². The van der Waals surface area contributed by atoms with Gasteiger partial charge < -0.3 is 9.88 Å². The molecule has 0 saturated heterocycles. The molecule has 0 aromatic carbocycles. The van der Waals surface area contributed by atoms with Gasteiger partial charge in [0.15, 0.2) is 0 Å². The van der Waals surface area contributed by atoms with Crippen molar-refractivity contribution in [3.8, 4) is 0 Å². The highest BCUT2D eigenvalue weighted by Crippen LogP contribution is 2.18. The predicted molar refractivity (Wildman–Crippen MR) is 72.6 cm³/mol. The fraction of sp³-hybridized carbons (Fsp3) is 0.538. The van der Waals surface area contributed by atoms with E-state index in [0.717, 1.165) is 31.9 Å². The average Bonchev–Trinajstić information content (AvgIpc) is 2.98. The second-order valence-electron chi connectivity index (χ2n) is 4.96. The van der Waals surface area contributed by atoms with Crippen LogP contribution in [0.2, 0.25) is 0 Å². The smallest absolute Gasteiger partial charge is 0.132 e. The van der Waals surface area contributed by atoms with Crippen LogP contribution in [0.15, 0.2) is 17.8 Å².